The van der Waals surface area contributed by atoms with Crippen LogP contribution in [0.5, 0.6) is 5.75 Å². The molecule has 0 aliphatic rings. The van der Waals surface area contributed by atoms with Crippen molar-refractivity contribution < 1.29 is 13.5 Å². The lowest BCUT2D eigenvalue weighted by Crippen LogP contribution is -2.27. The van der Waals surface area contributed by atoms with Crippen molar-refractivity contribution in [3.63, 3.8) is 0 Å². The van der Waals surface area contributed by atoms with Gasteiger partial charge < -0.3 is 10.8 Å². The Morgan fingerprint density at radius 1 is 1.14 bits per heavy atom. The monoisotopic (exact) mass is 306 g/mol. The zero-order chi connectivity index (χ0) is 15.6. The fourth-order valence-electron chi connectivity index (χ4n) is 2.01. The van der Waals surface area contributed by atoms with Crippen molar-refractivity contribution in [1.82, 2.24) is 4.31 Å². The van der Waals surface area contributed by atoms with Gasteiger partial charge in [0.15, 0.2) is 0 Å². The summed E-state index contributed by atoms with van der Waals surface area (Å²) >= 11 is 0. The number of nitrogens with two attached hydrogens (primary N) is 1. The molecule has 5 nitrogen and oxygen atoms in total. The molecular formula is C15H18N2O3S. The molecule has 2 rings (SSSR count). The molecule has 0 atom stereocenters. The number of sulfonamides is 1. The summed E-state index contributed by atoms with van der Waals surface area (Å²) in [5.74, 6) is 0.149. The molecule has 0 saturated carbocycles. The van der Waals surface area contributed by atoms with Crippen LogP contribution in [0.25, 0.3) is 0 Å². The number of phenols is 1. The van der Waals surface area contributed by atoms with Gasteiger partial charge in [0.2, 0.25) is 10.0 Å². The van der Waals surface area contributed by atoms with Crippen molar-refractivity contribution in [2.75, 3.05) is 12.8 Å². The largest absolute Gasteiger partial charge is 0.508 e. The van der Waals surface area contributed by atoms with Crippen LogP contribution in [0, 0.1) is 6.92 Å². The van der Waals surface area contributed by atoms with Crippen molar-refractivity contribution in [1.29, 1.82) is 0 Å². The Kier molecular flexibility index (Phi) is 4.20. The summed E-state index contributed by atoms with van der Waals surface area (Å²) in [5.41, 5.74) is 7.54. The molecule has 0 aliphatic heterocycles. The van der Waals surface area contributed by atoms with Crippen LogP contribution in [-0.4, -0.2) is 24.9 Å². The highest BCUT2D eigenvalue weighted by Gasteiger charge is 2.23. The molecule has 0 amide bonds. The molecule has 0 heterocycles. The SMILES string of the molecule is Cc1ccc(N)cc1S(=O)(=O)N(C)Cc1ccc(O)cc1. The Hall–Kier alpha value is -2.05. The van der Waals surface area contributed by atoms with Crippen LogP contribution in [-0.2, 0) is 16.6 Å². The highest BCUT2D eigenvalue weighted by molar-refractivity contribution is 7.89. The summed E-state index contributed by atoms with van der Waals surface area (Å²) in [6, 6.07) is 11.3. The molecular weight excluding hydrogens is 288 g/mol. The number of rotatable bonds is 4. The van der Waals surface area contributed by atoms with Crippen LogP contribution in [0.1, 0.15) is 11.1 Å². The maximum absolute atomic E-state index is 12.6. The predicted molar refractivity (Wildman–Crippen MR) is 82.4 cm³/mol. The van der Waals surface area contributed by atoms with Crippen molar-refractivity contribution in [3.05, 3.63) is 53.6 Å². The molecule has 0 aromatic heterocycles. The predicted octanol–water partition coefficient (Wildman–Crippen LogP) is 2.10. The van der Waals surface area contributed by atoms with Gasteiger partial charge in [0.1, 0.15) is 5.75 Å². The van der Waals surface area contributed by atoms with E-state index in [1.54, 1.807) is 31.2 Å². The second-order valence-electron chi connectivity index (χ2n) is 4.95. The van der Waals surface area contributed by atoms with Crippen LogP contribution in [0.4, 0.5) is 5.69 Å². The van der Waals surface area contributed by atoms with Crippen LogP contribution in [0.15, 0.2) is 47.4 Å². The van der Waals surface area contributed by atoms with E-state index in [0.717, 1.165) is 5.56 Å². The van der Waals surface area contributed by atoms with E-state index in [0.29, 0.717) is 11.3 Å². The summed E-state index contributed by atoms with van der Waals surface area (Å²) < 4.78 is 26.5. The first-order valence-corrected chi connectivity index (χ1v) is 7.85. The minimum absolute atomic E-state index is 0.149. The smallest absolute Gasteiger partial charge is 0.243 e. The summed E-state index contributed by atoms with van der Waals surface area (Å²) in [6.45, 7) is 1.96. The van der Waals surface area contributed by atoms with Gasteiger partial charge in [0.25, 0.3) is 0 Å². The first-order valence-electron chi connectivity index (χ1n) is 6.41. The summed E-state index contributed by atoms with van der Waals surface area (Å²) in [5, 5.41) is 9.25. The van der Waals surface area contributed by atoms with Gasteiger partial charge in [0.05, 0.1) is 4.90 Å². The molecule has 0 spiro atoms. The molecule has 2 aromatic carbocycles. The van der Waals surface area contributed by atoms with Crippen LogP contribution in [0.2, 0.25) is 0 Å². The lowest BCUT2D eigenvalue weighted by atomic mass is 10.2. The third-order valence-corrected chi connectivity index (χ3v) is 5.19. The van der Waals surface area contributed by atoms with E-state index in [9.17, 15) is 13.5 Å². The number of aryl methyl sites for hydroxylation is 1. The molecule has 0 aliphatic carbocycles. The molecule has 21 heavy (non-hydrogen) atoms. The molecule has 6 heteroatoms. The third-order valence-electron chi connectivity index (χ3n) is 3.24. The highest BCUT2D eigenvalue weighted by atomic mass is 32.2. The average molecular weight is 306 g/mol. The maximum Gasteiger partial charge on any atom is 0.243 e. The highest BCUT2D eigenvalue weighted by Crippen LogP contribution is 2.23. The molecule has 112 valence electrons. The Morgan fingerprint density at radius 3 is 2.38 bits per heavy atom. The van der Waals surface area contributed by atoms with Crippen molar-refractivity contribution in [3.8, 4) is 5.75 Å². The van der Waals surface area contributed by atoms with Crippen LogP contribution in [0.3, 0.4) is 0 Å². The number of hydrogen-bond donors (Lipinski definition) is 2. The third kappa shape index (κ3) is 3.34. The maximum atomic E-state index is 12.6. The molecule has 3 N–H and O–H groups in total. The molecule has 2 aromatic rings. The van der Waals surface area contributed by atoms with Crippen LogP contribution < -0.4 is 5.73 Å². The molecule has 0 fully saturated rings. The fourth-order valence-corrected chi connectivity index (χ4v) is 3.42. The number of nitrogens with zero attached hydrogens (tertiary/aromatic N) is 1. The average Bonchev–Trinajstić information content (AvgIpc) is 2.43. The minimum Gasteiger partial charge on any atom is -0.508 e. The first-order chi connectivity index (χ1) is 9.80. The second-order valence-corrected chi connectivity index (χ2v) is 6.97. The van der Waals surface area contributed by atoms with Gasteiger partial charge in [-0.05, 0) is 42.3 Å². The molecule has 0 bridgehead atoms. The minimum atomic E-state index is -3.61. The van der Waals surface area contributed by atoms with E-state index >= 15 is 0 Å². The molecule has 0 unspecified atom stereocenters. The summed E-state index contributed by atoms with van der Waals surface area (Å²) in [7, 11) is -2.09. The molecule has 0 radical (unpaired) electrons. The van der Waals surface area contributed by atoms with E-state index < -0.39 is 10.0 Å². The number of phenolic OH excluding ortho intramolecular Hbond substituents is 1. The van der Waals surface area contributed by atoms with Crippen molar-refractivity contribution >= 4 is 15.7 Å². The number of nitrogen functional groups attached to an aromatic ring is 1. The van der Waals surface area contributed by atoms with E-state index in [1.165, 1.54) is 29.6 Å². The van der Waals surface area contributed by atoms with Crippen molar-refractivity contribution in [2.45, 2.75) is 18.4 Å². The van der Waals surface area contributed by atoms with Gasteiger partial charge in [-0.3, -0.25) is 0 Å². The lowest BCUT2D eigenvalue weighted by molar-refractivity contribution is 0.463. The normalized spacial score (nSPS) is 11.8. The Morgan fingerprint density at radius 2 is 1.76 bits per heavy atom. The zero-order valence-electron chi connectivity index (χ0n) is 11.9. The van der Waals surface area contributed by atoms with Crippen LogP contribution >= 0.6 is 0 Å². The van der Waals surface area contributed by atoms with Gasteiger partial charge in [-0.25, -0.2) is 8.42 Å². The fraction of sp³-hybridized carbons (Fsp3) is 0.200. The van der Waals surface area contributed by atoms with E-state index in [4.69, 9.17) is 5.73 Å². The number of anilines is 1. The Balaban J connectivity index is 2.30. The van der Waals surface area contributed by atoms with Gasteiger partial charge >= 0.3 is 0 Å². The zero-order valence-corrected chi connectivity index (χ0v) is 12.8. The van der Waals surface area contributed by atoms with E-state index in [1.807, 2.05) is 0 Å². The summed E-state index contributed by atoms with van der Waals surface area (Å²) in [6.07, 6.45) is 0. The number of benzene rings is 2. The second kappa shape index (κ2) is 5.75. The quantitative estimate of drug-likeness (QED) is 0.847. The first kappa shape index (κ1) is 15.3. The van der Waals surface area contributed by atoms with Gasteiger partial charge in [0, 0.05) is 19.3 Å². The van der Waals surface area contributed by atoms with E-state index in [2.05, 4.69) is 0 Å². The van der Waals surface area contributed by atoms with E-state index in [-0.39, 0.29) is 17.2 Å². The number of aromatic hydroxyl groups is 1. The Bertz CT molecular complexity index is 740. The topological polar surface area (TPSA) is 83.6 Å². The van der Waals surface area contributed by atoms with Gasteiger partial charge in [-0.15, -0.1) is 0 Å². The summed E-state index contributed by atoms with van der Waals surface area (Å²) in [4.78, 5) is 0.212. The standard InChI is InChI=1S/C15H18N2O3S/c1-11-3-6-13(16)9-15(11)21(19,20)17(2)10-12-4-7-14(18)8-5-12/h3-9,18H,10,16H2,1-2H3. The lowest BCUT2D eigenvalue weighted by Gasteiger charge is -2.19. The van der Waals surface area contributed by atoms with Gasteiger partial charge in [-0.1, -0.05) is 18.2 Å². The Labute approximate surface area is 124 Å². The van der Waals surface area contributed by atoms with Crippen molar-refractivity contribution in [2.24, 2.45) is 0 Å². The molecule has 0 saturated heterocycles. The van der Waals surface area contributed by atoms with Gasteiger partial charge in [-0.2, -0.15) is 4.31 Å². The number of hydrogen-bond acceptors (Lipinski definition) is 4.